The minimum Gasteiger partial charge on any atom is -0.481 e. The molecule has 22 heavy (non-hydrogen) atoms. The van der Waals surface area contributed by atoms with E-state index in [1.165, 1.54) is 0 Å². The van der Waals surface area contributed by atoms with Gasteiger partial charge >= 0.3 is 5.97 Å². The number of amides is 1. The van der Waals surface area contributed by atoms with Gasteiger partial charge in [0.1, 0.15) is 5.65 Å². The number of fused-ring (bicyclic) bond motifs is 1. The maximum Gasteiger partial charge on any atom is 0.306 e. The fourth-order valence-corrected chi connectivity index (χ4v) is 3.23. The topological polar surface area (TPSA) is 83.7 Å². The zero-order valence-corrected chi connectivity index (χ0v) is 12.6. The van der Waals surface area contributed by atoms with E-state index in [1.54, 1.807) is 22.7 Å². The molecule has 1 amide bonds. The molecular formula is C15H16ClN3O3. The fourth-order valence-electron chi connectivity index (χ4n) is 2.97. The summed E-state index contributed by atoms with van der Waals surface area (Å²) in [6.45, 7) is 0. The Kier molecular flexibility index (Phi) is 4.02. The zero-order chi connectivity index (χ0) is 15.7. The van der Waals surface area contributed by atoms with Crippen molar-refractivity contribution in [2.75, 3.05) is 0 Å². The van der Waals surface area contributed by atoms with Gasteiger partial charge in [-0.1, -0.05) is 24.1 Å². The number of aromatic nitrogens is 2. The van der Waals surface area contributed by atoms with Crippen LogP contribution < -0.4 is 5.32 Å². The number of pyridine rings is 1. The lowest BCUT2D eigenvalue weighted by atomic mass is 9.86. The van der Waals surface area contributed by atoms with E-state index >= 15 is 0 Å². The Morgan fingerprint density at radius 3 is 2.95 bits per heavy atom. The smallest absolute Gasteiger partial charge is 0.306 e. The van der Waals surface area contributed by atoms with Crippen molar-refractivity contribution in [3.8, 4) is 0 Å². The molecule has 1 aliphatic carbocycles. The SMILES string of the molecule is O=C(NC1CCCC(C(=O)O)C1)c1c(Cl)nc2ccccn12. The Morgan fingerprint density at radius 2 is 2.18 bits per heavy atom. The van der Waals surface area contributed by atoms with Gasteiger partial charge in [-0.25, -0.2) is 4.98 Å². The molecule has 2 aromatic heterocycles. The molecule has 2 aromatic rings. The van der Waals surface area contributed by atoms with Gasteiger partial charge in [-0.15, -0.1) is 0 Å². The summed E-state index contributed by atoms with van der Waals surface area (Å²) in [4.78, 5) is 27.7. The highest BCUT2D eigenvalue weighted by Crippen LogP contribution is 2.25. The summed E-state index contributed by atoms with van der Waals surface area (Å²) in [7, 11) is 0. The summed E-state index contributed by atoms with van der Waals surface area (Å²) >= 11 is 6.07. The molecule has 7 heteroatoms. The summed E-state index contributed by atoms with van der Waals surface area (Å²) in [5.74, 6) is -1.51. The molecular weight excluding hydrogens is 306 g/mol. The van der Waals surface area contributed by atoms with Crippen LogP contribution in [0.1, 0.15) is 36.2 Å². The lowest BCUT2D eigenvalue weighted by molar-refractivity contribution is -0.143. The van der Waals surface area contributed by atoms with E-state index < -0.39 is 11.9 Å². The molecule has 0 spiro atoms. The number of hydrogen-bond donors (Lipinski definition) is 2. The first-order valence-electron chi connectivity index (χ1n) is 7.22. The Labute approximate surface area is 132 Å². The Bertz CT molecular complexity index is 728. The highest BCUT2D eigenvalue weighted by molar-refractivity contribution is 6.32. The van der Waals surface area contributed by atoms with Crippen molar-refractivity contribution in [3.63, 3.8) is 0 Å². The summed E-state index contributed by atoms with van der Waals surface area (Å²) < 4.78 is 1.63. The van der Waals surface area contributed by atoms with Crippen LogP contribution in [0.5, 0.6) is 0 Å². The van der Waals surface area contributed by atoms with Crippen LogP contribution in [0, 0.1) is 5.92 Å². The van der Waals surface area contributed by atoms with Crippen molar-refractivity contribution in [1.82, 2.24) is 14.7 Å². The first kappa shape index (κ1) is 14.8. The van der Waals surface area contributed by atoms with Gasteiger partial charge in [0.25, 0.3) is 5.91 Å². The highest BCUT2D eigenvalue weighted by atomic mass is 35.5. The van der Waals surface area contributed by atoms with Gasteiger partial charge in [0.2, 0.25) is 0 Å². The van der Waals surface area contributed by atoms with Crippen LogP contribution in [-0.4, -0.2) is 32.4 Å². The molecule has 0 saturated heterocycles. The number of carboxylic acid groups (broad SMARTS) is 1. The predicted molar refractivity (Wildman–Crippen MR) is 81.1 cm³/mol. The summed E-state index contributed by atoms with van der Waals surface area (Å²) in [6.07, 6.45) is 4.42. The Morgan fingerprint density at radius 1 is 1.36 bits per heavy atom. The molecule has 0 radical (unpaired) electrons. The Hall–Kier alpha value is -2.08. The standard InChI is InChI=1S/C15H16ClN3O3/c16-13-12(19-7-2-1-6-11(19)18-13)14(20)17-10-5-3-4-9(8-10)15(21)22/h1-2,6-7,9-10H,3-5,8H2,(H,17,20)(H,21,22). The lowest BCUT2D eigenvalue weighted by Crippen LogP contribution is -2.40. The number of aliphatic carboxylic acids is 1. The molecule has 2 atom stereocenters. The van der Waals surface area contributed by atoms with Gasteiger partial charge in [0.05, 0.1) is 5.92 Å². The van der Waals surface area contributed by atoms with E-state index in [0.29, 0.717) is 18.5 Å². The molecule has 0 aliphatic heterocycles. The third-order valence-electron chi connectivity index (χ3n) is 4.06. The molecule has 2 N–H and O–H groups in total. The zero-order valence-electron chi connectivity index (χ0n) is 11.8. The highest BCUT2D eigenvalue weighted by Gasteiger charge is 2.29. The first-order chi connectivity index (χ1) is 10.6. The lowest BCUT2D eigenvalue weighted by Gasteiger charge is -2.27. The van der Waals surface area contributed by atoms with Gasteiger partial charge < -0.3 is 10.4 Å². The number of nitrogens with one attached hydrogen (secondary N) is 1. The van der Waals surface area contributed by atoms with E-state index in [9.17, 15) is 9.59 Å². The molecule has 1 fully saturated rings. The van der Waals surface area contributed by atoms with Gasteiger partial charge in [0.15, 0.2) is 10.8 Å². The van der Waals surface area contributed by atoms with Crippen molar-refractivity contribution in [3.05, 3.63) is 35.2 Å². The summed E-state index contributed by atoms with van der Waals surface area (Å²) in [5, 5.41) is 12.2. The second-order valence-corrected chi connectivity index (χ2v) is 5.91. The minimum absolute atomic E-state index is 0.146. The fraction of sp³-hybridized carbons (Fsp3) is 0.400. The van der Waals surface area contributed by atoms with E-state index in [4.69, 9.17) is 16.7 Å². The maximum absolute atomic E-state index is 12.5. The van der Waals surface area contributed by atoms with Gasteiger partial charge in [-0.05, 0) is 31.4 Å². The average Bonchev–Trinajstić information content (AvgIpc) is 2.83. The number of hydrogen-bond acceptors (Lipinski definition) is 3. The average molecular weight is 322 g/mol. The van der Waals surface area contributed by atoms with Crippen molar-refractivity contribution >= 4 is 29.1 Å². The Balaban J connectivity index is 1.79. The normalized spacial score (nSPS) is 21.7. The van der Waals surface area contributed by atoms with Crippen molar-refractivity contribution in [2.45, 2.75) is 31.7 Å². The van der Waals surface area contributed by atoms with Gasteiger partial charge in [-0.2, -0.15) is 0 Å². The second-order valence-electron chi connectivity index (χ2n) is 5.55. The molecule has 116 valence electrons. The van der Waals surface area contributed by atoms with Crippen LogP contribution in [0.2, 0.25) is 5.15 Å². The summed E-state index contributed by atoms with van der Waals surface area (Å²) in [5.41, 5.74) is 0.888. The molecule has 1 saturated carbocycles. The quantitative estimate of drug-likeness (QED) is 0.909. The number of carbonyl (C=O) groups excluding carboxylic acids is 1. The third kappa shape index (κ3) is 2.78. The molecule has 3 rings (SSSR count). The largest absolute Gasteiger partial charge is 0.481 e. The first-order valence-corrected chi connectivity index (χ1v) is 7.60. The van der Waals surface area contributed by atoms with Crippen LogP contribution in [0.3, 0.4) is 0 Å². The molecule has 2 heterocycles. The van der Waals surface area contributed by atoms with Crippen molar-refractivity contribution < 1.29 is 14.7 Å². The number of halogens is 1. The maximum atomic E-state index is 12.5. The monoisotopic (exact) mass is 321 g/mol. The molecule has 6 nitrogen and oxygen atoms in total. The summed E-state index contributed by atoms with van der Waals surface area (Å²) in [6, 6.07) is 5.23. The van der Waals surface area contributed by atoms with Gasteiger partial charge in [0, 0.05) is 12.2 Å². The molecule has 2 unspecified atom stereocenters. The van der Waals surface area contributed by atoms with Crippen molar-refractivity contribution in [2.24, 2.45) is 5.92 Å². The second kappa shape index (κ2) is 5.96. The third-order valence-corrected chi connectivity index (χ3v) is 4.32. The number of rotatable bonds is 3. The van der Waals surface area contributed by atoms with Crippen LogP contribution in [0.4, 0.5) is 0 Å². The van der Waals surface area contributed by atoms with Crippen LogP contribution in [0.25, 0.3) is 5.65 Å². The minimum atomic E-state index is -0.799. The van der Waals surface area contributed by atoms with E-state index in [-0.39, 0.29) is 22.8 Å². The molecule has 0 aromatic carbocycles. The number of carbonyl (C=O) groups is 2. The van der Waals surface area contributed by atoms with Crippen LogP contribution >= 0.6 is 11.6 Å². The van der Waals surface area contributed by atoms with E-state index in [0.717, 1.165) is 12.8 Å². The number of imidazole rings is 1. The van der Waals surface area contributed by atoms with E-state index in [1.807, 2.05) is 6.07 Å². The molecule has 1 aliphatic rings. The van der Waals surface area contributed by atoms with Crippen LogP contribution in [-0.2, 0) is 4.79 Å². The predicted octanol–water partition coefficient (Wildman–Crippen LogP) is 2.36. The number of carboxylic acids is 1. The van der Waals surface area contributed by atoms with E-state index in [2.05, 4.69) is 10.3 Å². The number of nitrogens with zero attached hydrogens (tertiary/aromatic N) is 2. The van der Waals surface area contributed by atoms with Crippen molar-refractivity contribution in [1.29, 1.82) is 0 Å². The molecule has 0 bridgehead atoms. The van der Waals surface area contributed by atoms with Crippen LogP contribution in [0.15, 0.2) is 24.4 Å². The van der Waals surface area contributed by atoms with Gasteiger partial charge in [-0.3, -0.25) is 14.0 Å².